The summed E-state index contributed by atoms with van der Waals surface area (Å²) in [5.41, 5.74) is 1.10. The van der Waals surface area contributed by atoms with Crippen molar-refractivity contribution in [3.8, 4) is 0 Å². The van der Waals surface area contributed by atoms with Crippen molar-refractivity contribution in [2.45, 2.75) is 19.4 Å². The number of hydrogen-bond acceptors (Lipinski definition) is 4. The van der Waals surface area contributed by atoms with Gasteiger partial charge in [0.1, 0.15) is 11.6 Å². The highest BCUT2D eigenvalue weighted by Gasteiger charge is 2.16. The normalized spacial score (nSPS) is 12.6. The minimum atomic E-state index is -0.432. The maximum absolute atomic E-state index is 13.6. The van der Waals surface area contributed by atoms with Crippen molar-refractivity contribution in [1.29, 1.82) is 0 Å². The molecule has 3 nitrogen and oxygen atoms in total. The van der Waals surface area contributed by atoms with Crippen LogP contribution in [0.1, 0.15) is 24.2 Å². The first kappa shape index (κ1) is 13.0. The molecule has 1 N–H and O–H groups in total. The molecule has 0 bridgehead atoms. The summed E-state index contributed by atoms with van der Waals surface area (Å²) in [6.45, 7) is 2.67. The Balaban J connectivity index is 2.21. The summed E-state index contributed by atoms with van der Waals surface area (Å²) in [7, 11) is 0. The molecule has 0 spiro atoms. The summed E-state index contributed by atoms with van der Waals surface area (Å²) in [5.74, 6) is -0.833. The molecule has 0 amide bonds. The first-order valence-corrected chi connectivity index (χ1v) is 6.48. The number of hydrogen-bond donors (Lipinski definition) is 1. The molecule has 1 aromatic carbocycles. The summed E-state index contributed by atoms with van der Waals surface area (Å²) in [6, 6.07) is 3.34. The lowest BCUT2D eigenvalue weighted by molar-refractivity contribution is 0.512. The van der Waals surface area contributed by atoms with E-state index in [0.717, 1.165) is 24.4 Å². The van der Waals surface area contributed by atoms with Gasteiger partial charge in [-0.15, -0.1) is 5.10 Å². The lowest BCUT2D eigenvalue weighted by atomic mass is 10.0. The van der Waals surface area contributed by atoms with Crippen LogP contribution in [0.5, 0.6) is 0 Å². The standard InChI is InChI=1S/C12H13F2N3S/c1-2-15-11(12-7-18-17-16-12)6-8-5-9(13)3-4-10(8)14/h3-5,7,11,15H,2,6H2,1H3. The van der Waals surface area contributed by atoms with Crippen molar-refractivity contribution in [1.82, 2.24) is 14.9 Å². The highest BCUT2D eigenvalue weighted by molar-refractivity contribution is 7.03. The fraction of sp³-hybridized carbons (Fsp3) is 0.333. The van der Waals surface area contributed by atoms with Gasteiger partial charge in [0.25, 0.3) is 0 Å². The predicted molar refractivity (Wildman–Crippen MR) is 66.4 cm³/mol. The van der Waals surface area contributed by atoms with Crippen LogP contribution in [0, 0.1) is 11.6 Å². The van der Waals surface area contributed by atoms with E-state index >= 15 is 0 Å². The predicted octanol–water partition coefficient (Wildman–Crippen LogP) is 2.71. The molecule has 0 aliphatic heterocycles. The van der Waals surface area contributed by atoms with Crippen molar-refractivity contribution in [2.24, 2.45) is 0 Å². The maximum atomic E-state index is 13.6. The first-order chi connectivity index (χ1) is 8.70. The Morgan fingerprint density at radius 3 is 2.89 bits per heavy atom. The Kier molecular flexibility index (Phi) is 4.33. The van der Waals surface area contributed by atoms with Crippen LogP contribution in [0.2, 0.25) is 0 Å². The van der Waals surface area contributed by atoms with Gasteiger partial charge in [-0.3, -0.25) is 0 Å². The van der Waals surface area contributed by atoms with Crippen LogP contribution in [0.3, 0.4) is 0 Å². The fourth-order valence-corrected chi connectivity index (χ4v) is 2.28. The molecule has 1 aromatic heterocycles. The quantitative estimate of drug-likeness (QED) is 0.907. The van der Waals surface area contributed by atoms with Crippen LogP contribution in [0.4, 0.5) is 8.78 Å². The van der Waals surface area contributed by atoms with Crippen LogP contribution in [-0.2, 0) is 6.42 Å². The average Bonchev–Trinajstić information content (AvgIpc) is 2.87. The Labute approximate surface area is 108 Å². The SMILES string of the molecule is CCNC(Cc1cc(F)ccc1F)c1csnn1. The molecule has 6 heteroatoms. The Hall–Kier alpha value is -1.40. The molecular weight excluding hydrogens is 256 g/mol. The number of likely N-dealkylation sites (N-methyl/N-ethyl adjacent to an activating group) is 1. The van der Waals surface area contributed by atoms with Gasteiger partial charge in [-0.1, -0.05) is 11.4 Å². The molecule has 2 rings (SSSR count). The number of nitrogens with one attached hydrogen (secondary N) is 1. The molecule has 0 saturated carbocycles. The van der Waals surface area contributed by atoms with Gasteiger partial charge < -0.3 is 5.32 Å². The third-order valence-electron chi connectivity index (χ3n) is 2.62. The molecule has 0 radical (unpaired) electrons. The van der Waals surface area contributed by atoms with Gasteiger partial charge in [0.05, 0.1) is 11.7 Å². The van der Waals surface area contributed by atoms with Crippen molar-refractivity contribution < 1.29 is 8.78 Å². The lowest BCUT2D eigenvalue weighted by Gasteiger charge is -2.15. The van der Waals surface area contributed by atoms with Crippen LogP contribution >= 0.6 is 11.5 Å². The topological polar surface area (TPSA) is 37.8 Å². The molecule has 2 aromatic rings. The van der Waals surface area contributed by atoms with Gasteiger partial charge in [0, 0.05) is 5.38 Å². The van der Waals surface area contributed by atoms with Crippen molar-refractivity contribution in [2.75, 3.05) is 6.54 Å². The maximum Gasteiger partial charge on any atom is 0.126 e. The van der Waals surface area contributed by atoms with Crippen molar-refractivity contribution >= 4 is 11.5 Å². The second kappa shape index (κ2) is 5.97. The number of halogens is 2. The molecule has 0 aliphatic rings. The molecular formula is C12H13F2N3S. The molecule has 1 atom stereocenters. The molecule has 1 heterocycles. The van der Waals surface area contributed by atoms with Crippen LogP contribution < -0.4 is 5.32 Å². The van der Waals surface area contributed by atoms with Crippen molar-refractivity contribution in [3.05, 3.63) is 46.5 Å². The molecule has 0 aliphatic carbocycles. The van der Waals surface area contributed by atoms with E-state index in [-0.39, 0.29) is 6.04 Å². The first-order valence-electron chi connectivity index (χ1n) is 5.65. The van der Waals surface area contributed by atoms with E-state index in [0.29, 0.717) is 12.0 Å². The third kappa shape index (κ3) is 3.08. The molecule has 96 valence electrons. The van der Waals surface area contributed by atoms with Gasteiger partial charge in [-0.05, 0) is 48.3 Å². The second-order valence-electron chi connectivity index (χ2n) is 3.88. The van der Waals surface area contributed by atoms with E-state index in [1.807, 2.05) is 12.3 Å². The molecule has 0 fully saturated rings. The van der Waals surface area contributed by atoms with Gasteiger partial charge in [-0.2, -0.15) is 0 Å². The smallest absolute Gasteiger partial charge is 0.126 e. The zero-order chi connectivity index (χ0) is 13.0. The van der Waals surface area contributed by atoms with E-state index in [1.165, 1.54) is 17.6 Å². The van der Waals surface area contributed by atoms with Crippen LogP contribution in [0.25, 0.3) is 0 Å². The zero-order valence-corrected chi connectivity index (χ0v) is 10.7. The van der Waals surface area contributed by atoms with Crippen LogP contribution in [-0.4, -0.2) is 16.1 Å². The zero-order valence-electron chi connectivity index (χ0n) is 9.86. The van der Waals surface area contributed by atoms with E-state index in [4.69, 9.17) is 0 Å². The monoisotopic (exact) mass is 269 g/mol. The van der Waals surface area contributed by atoms with Gasteiger partial charge in [0.15, 0.2) is 0 Å². The summed E-state index contributed by atoms with van der Waals surface area (Å²) in [4.78, 5) is 0. The van der Waals surface area contributed by atoms with Crippen molar-refractivity contribution in [3.63, 3.8) is 0 Å². The number of aromatic nitrogens is 2. The average molecular weight is 269 g/mol. The largest absolute Gasteiger partial charge is 0.309 e. The van der Waals surface area contributed by atoms with E-state index in [2.05, 4.69) is 14.9 Å². The number of benzene rings is 1. The van der Waals surface area contributed by atoms with E-state index in [9.17, 15) is 8.78 Å². The molecule has 18 heavy (non-hydrogen) atoms. The second-order valence-corrected chi connectivity index (χ2v) is 4.49. The Morgan fingerprint density at radius 2 is 2.22 bits per heavy atom. The Bertz CT molecular complexity index is 502. The van der Waals surface area contributed by atoms with Crippen LogP contribution in [0.15, 0.2) is 23.6 Å². The number of rotatable bonds is 5. The summed E-state index contributed by atoms with van der Waals surface area (Å²) < 4.78 is 30.5. The Morgan fingerprint density at radius 1 is 1.39 bits per heavy atom. The highest BCUT2D eigenvalue weighted by atomic mass is 32.1. The van der Waals surface area contributed by atoms with Gasteiger partial charge >= 0.3 is 0 Å². The third-order valence-corrected chi connectivity index (χ3v) is 3.14. The summed E-state index contributed by atoms with van der Waals surface area (Å²) in [6.07, 6.45) is 0.350. The summed E-state index contributed by atoms with van der Waals surface area (Å²) in [5, 5.41) is 8.98. The van der Waals surface area contributed by atoms with Gasteiger partial charge in [-0.25, -0.2) is 8.78 Å². The molecule has 0 saturated heterocycles. The minimum absolute atomic E-state index is 0.148. The highest BCUT2D eigenvalue weighted by Crippen LogP contribution is 2.20. The molecule has 1 unspecified atom stereocenters. The van der Waals surface area contributed by atoms with E-state index in [1.54, 1.807) is 0 Å². The number of nitrogens with zero attached hydrogens (tertiary/aromatic N) is 2. The van der Waals surface area contributed by atoms with E-state index < -0.39 is 11.6 Å². The minimum Gasteiger partial charge on any atom is -0.309 e. The van der Waals surface area contributed by atoms with Gasteiger partial charge in [0.2, 0.25) is 0 Å². The fourth-order valence-electron chi connectivity index (χ4n) is 1.77. The summed E-state index contributed by atoms with van der Waals surface area (Å²) >= 11 is 1.24. The lowest BCUT2D eigenvalue weighted by Crippen LogP contribution is -2.23.